The first-order valence-electron chi connectivity index (χ1n) is 8.81. The molecular weight excluding hydrogens is 444 g/mol. The summed E-state index contributed by atoms with van der Waals surface area (Å²) in [5.41, 5.74) is 3.34. The van der Waals surface area contributed by atoms with Gasteiger partial charge in [0.1, 0.15) is 23.2 Å². The lowest BCUT2D eigenvalue weighted by Gasteiger charge is -2.01. The van der Waals surface area contributed by atoms with Crippen molar-refractivity contribution in [2.24, 2.45) is 5.10 Å². The van der Waals surface area contributed by atoms with Crippen molar-refractivity contribution < 1.29 is 18.0 Å². The van der Waals surface area contributed by atoms with Crippen LogP contribution in [0.3, 0.4) is 0 Å². The van der Waals surface area contributed by atoms with Gasteiger partial charge >= 0.3 is 0 Å². The molecule has 1 aromatic heterocycles. The Bertz CT molecular complexity index is 1170. The van der Waals surface area contributed by atoms with E-state index >= 15 is 0 Å². The molecule has 31 heavy (non-hydrogen) atoms. The number of benzene rings is 2. The predicted molar refractivity (Wildman–Crippen MR) is 117 cm³/mol. The number of hydrogen-bond acceptors (Lipinski definition) is 5. The van der Waals surface area contributed by atoms with Crippen molar-refractivity contribution in [3.63, 3.8) is 0 Å². The van der Waals surface area contributed by atoms with Crippen LogP contribution in [0.15, 0.2) is 80.7 Å². The highest BCUT2D eigenvalue weighted by Gasteiger charge is 2.11. The largest absolute Gasteiger partial charge is 0.457 e. The third kappa shape index (κ3) is 6.28. The van der Waals surface area contributed by atoms with Crippen LogP contribution < -0.4 is 5.43 Å². The molecule has 0 aliphatic carbocycles. The van der Waals surface area contributed by atoms with Crippen molar-refractivity contribution in [1.82, 2.24) is 5.43 Å². The number of halogens is 3. The highest BCUT2D eigenvalue weighted by atomic mass is 35.5. The standard InChI is InChI=1S/C22H14ClF2N3O2S/c23-19-4-2-1-3-15(19)13-27-28-21(29)16(12-26)11-17-7-10-20(30-17)14-5-8-18(9-6-14)31-22(24)25/h1-11,13,22H,(H,28,29)/b16-11+,27-13+. The van der Waals surface area contributed by atoms with Crippen molar-refractivity contribution in [3.05, 3.63) is 82.6 Å². The summed E-state index contributed by atoms with van der Waals surface area (Å²) in [6, 6.07) is 18.4. The number of carbonyl (C=O) groups excluding carboxylic acids is 1. The number of alkyl halides is 2. The quantitative estimate of drug-likeness (QED) is 0.156. The fraction of sp³-hybridized carbons (Fsp3) is 0.0455. The predicted octanol–water partition coefficient (Wildman–Crippen LogP) is 5.97. The smallest absolute Gasteiger partial charge is 0.288 e. The number of thioether (sulfide) groups is 1. The molecule has 3 aromatic rings. The molecule has 0 bridgehead atoms. The molecule has 0 fully saturated rings. The van der Waals surface area contributed by atoms with Gasteiger partial charge in [-0.05, 0) is 30.3 Å². The van der Waals surface area contributed by atoms with E-state index in [1.54, 1.807) is 66.7 Å². The van der Waals surface area contributed by atoms with Crippen LogP contribution in [0.2, 0.25) is 5.02 Å². The molecule has 0 aliphatic rings. The average Bonchev–Trinajstić information content (AvgIpc) is 3.22. The number of nitrogens with zero attached hydrogens (tertiary/aromatic N) is 2. The summed E-state index contributed by atoms with van der Waals surface area (Å²) in [6.45, 7) is 0. The minimum Gasteiger partial charge on any atom is -0.457 e. The number of nitrogens with one attached hydrogen (secondary N) is 1. The van der Waals surface area contributed by atoms with Gasteiger partial charge in [0.2, 0.25) is 0 Å². The van der Waals surface area contributed by atoms with Gasteiger partial charge in [-0.25, -0.2) is 5.43 Å². The Hall–Kier alpha value is -3.41. The first-order valence-corrected chi connectivity index (χ1v) is 10.1. The number of furan rings is 1. The monoisotopic (exact) mass is 457 g/mol. The molecule has 0 saturated heterocycles. The molecule has 0 aliphatic heterocycles. The van der Waals surface area contributed by atoms with Crippen LogP contribution in [0.5, 0.6) is 0 Å². The van der Waals surface area contributed by atoms with Crippen molar-refractivity contribution in [1.29, 1.82) is 5.26 Å². The van der Waals surface area contributed by atoms with Crippen LogP contribution in [-0.4, -0.2) is 17.9 Å². The summed E-state index contributed by atoms with van der Waals surface area (Å²) in [5, 5.41) is 13.6. The first-order chi connectivity index (χ1) is 15.0. The molecule has 1 amide bonds. The van der Waals surface area contributed by atoms with Crippen molar-refractivity contribution in [3.8, 4) is 17.4 Å². The minimum atomic E-state index is -2.49. The molecule has 3 rings (SSSR count). The second-order valence-electron chi connectivity index (χ2n) is 6.00. The van der Waals surface area contributed by atoms with Gasteiger partial charge in [-0.2, -0.15) is 19.1 Å². The maximum atomic E-state index is 12.4. The Balaban J connectivity index is 1.68. The van der Waals surface area contributed by atoms with E-state index in [-0.39, 0.29) is 11.3 Å². The van der Waals surface area contributed by atoms with Gasteiger partial charge in [0.25, 0.3) is 11.7 Å². The van der Waals surface area contributed by atoms with Gasteiger partial charge in [-0.3, -0.25) is 4.79 Å². The van der Waals surface area contributed by atoms with Crippen molar-refractivity contribution in [2.45, 2.75) is 10.7 Å². The second kappa shape index (κ2) is 10.6. The molecule has 1 N–H and O–H groups in total. The molecule has 0 radical (unpaired) electrons. The number of hydrogen-bond donors (Lipinski definition) is 1. The fourth-order valence-corrected chi connectivity index (χ4v) is 3.16. The van der Waals surface area contributed by atoms with Crippen LogP contribution in [-0.2, 0) is 4.79 Å². The third-order valence-corrected chi connectivity index (χ3v) is 4.98. The molecule has 0 spiro atoms. The third-order valence-electron chi connectivity index (χ3n) is 3.92. The second-order valence-corrected chi connectivity index (χ2v) is 7.47. The molecule has 0 saturated carbocycles. The van der Waals surface area contributed by atoms with Crippen molar-refractivity contribution in [2.75, 3.05) is 0 Å². The topological polar surface area (TPSA) is 78.4 Å². The van der Waals surface area contributed by atoms with Gasteiger partial charge in [-0.15, -0.1) is 0 Å². The molecular formula is C22H14ClF2N3O2S. The lowest BCUT2D eigenvalue weighted by molar-refractivity contribution is -0.117. The van der Waals surface area contributed by atoms with E-state index in [1.807, 2.05) is 0 Å². The molecule has 0 atom stereocenters. The zero-order chi connectivity index (χ0) is 22.2. The first kappa shape index (κ1) is 22.3. The van der Waals surface area contributed by atoms with Gasteiger partial charge < -0.3 is 4.42 Å². The van der Waals surface area contributed by atoms with E-state index in [0.29, 0.717) is 38.6 Å². The number of hydrazone groups is 1. The molecule has 5 nitrogen and oxygen atoms in total. The lowest BCUT2D eigenvalue weighted by atomic mass is 10.2. The van der Waals surface area contributed by atoms with Crippen LogP contribution in [0.25, 0.3) is 17.4 Å². The lowest BCUT2D eigenvalue weighted by Crippen LogP contribution is -2.19. The van der Waals surface area contributed by atoms with Gasteiger partial charge in [0, 0.05) is 27.1 Å². The van der Waals surface area contributed by atoms with E-state index in [1.165, 1.54) is 12.3 Å². The highest BCUT2D eigenvalue weighted by molar-refractivity contribution is 7.99. The summed E-state index contributed by atoms with van der Waals surface area (Å²) in [4.78, 5) is 12.6. The SMILES string of the molecule is N#C/C(=C\c1ccc(-c2ccc(SC(F)F)cc2)o1)C(=O)N/N=C/c1ccccc1Cl. The molecule has 9 heteroatoms. The van der Waals surface area contributed by atoms with Crippen molar-refractivity contribution >= 4 is 41.6 Å². The Morgan fingerprint density at radius 3 is 2.58 bits per heavy atom. The van der Waals surface area contributed by atoms with Crippen LogP contribution >= 0.6 is 23.4 Å². The van der Waals surface area contributed by atoms with E-state index in [2.05, 4.69) is 10.5 Å². The number of carbonyl (C=O) groups is 1. The summed E-state index contributed by atoms with van der Waals surface area (Å²) < 4.78 is 30.5. The maximum Gasteiger partial charge on any atom is 0.288 e. The Morgan fingerprint density at radius 1 is 1.16 bits per heavy atom. The maximum absolute atomic E-state index is 12.4. The zero-order valence-corrected chi connectivity index (χ0v) is 17.3. The van der Waals surface area contributed by atoms with Gasteiger partial charge in [0.05, 0.1) is 6.21 Å². The normalized spacial score (nSPS) is 11.6. The summed E-state index contributed by atoms with van der Waals surface area (Å²) in [7, 11) is 0. The van der Waals surface area contributed by atoms with E-state index in [0.717, 1.165) is 0 Å². The molecule has 2 aromatic carbocycles. The Kier molecular flexibility index (Phi) is 7.60. The summed E-state index contributed by atoms with van der Waals surface area (Å²) >= 11 is 6.46. The minimum absolute atomic E-state index is 0.208. The zero-order valence-electron chi connectivity index (χ0n) is 15.8. The fourth-order valence-electron chi connectivity index (χ4n) is 2.48. The Labute approximate surface area is 186 Å². The number of nitriles is 1. The highest BCUT2D eigenvalue weighted by Crippen LogP contribution is 2.29. The van der Waals surface area contributed by atoms with Gasteiger partial charge in [0.15, 0.2) is 0 Å². The van der Waals surface area contributed by atoms with E-state index < -0.39 is 11.7 Å². The molecule has 0 unspecified atom stereocenters. The average molecular weight is 458 g/mol. The summed E-state index contributed by atoms with van der Waals surface area (Å²) in [6.07, 6.45) is 2.65. The molecule has 1 heterocycles. The summed E-state index contributed by atoms with van der Waals surface area (Å²) in [5.74, 6) is -2.45. The van der Waals surface area contributed by atoms with Gasteiger partial charge in [-0.1, -0.05) is 53.7 Å². The number of amides is 1. The van der Waals surface area contributed by atoms with Crippen LogP contribution in [0.4, 0.5) is 8.78 Å². The van der Waals surface area contributed by atoms with E-state index in [9.17, 15) is 18.8 Å². The van der Waals surface area contributed by atoms with E-state index in [4.69, 9.17) is 16.0 Å². The van der Waals surface area contributed by atoms with Crippen LogP contribution in [0.1, 0.15) is 11.3 Å². The van der Waals surface area contributed by atoms with Crippen LogP contribution in [0, 0.1) is 11.3 Å². The number of rotatable bonds is 7. The molecule has 156 valence electrons. The Morgan fingerprint density at radius 2 is 1.90 bits per heavy atom.